The van der Waals surface area contributed by atoms with Crippen molar-refractivity contribution >= 4 is 72.6 Å². The van der Waals surface area contributed by atoms with Crippen molar-refractivity contribution in [3.63, 3.8) is 0 Å². The number of benzene rings is 1. The Balaban J connectivity index is 1.41. The van der Waals surface area contributed by atoms with Crippen molar-refractivity contribution in [1.82, 2.24) is 9.88 Å². The summed E-state index contributed by atoms with van der Waals surface area (Å²) in [6.07, 6.45) is 5.49. The molecule has 3 heterocycles. The summed E-state index contributed by atoms with van der Waals surface area (Å²) >= 11 is 2.12. The summed E-state index contributed by atoms with van der Waals surface area (Å²) in [4.78, 5) is 32.8. The van der Waals surface area contributed by atoms with Gasteiger partial charge in [0.1, 0.15) is 23.9 Å². The quantitative estimate of drug-likeness (QED) is 0.0878. The molecular weight excluding hydrogens is 668 g/mol. The van der Waals surface area contributed by atoms with Crippen LogP contribution >= 0.6 is 38.0 Å². The number of carbonyl (C=O) groups excluding carboxylic acids is 2. The molecule has 0 aliphatic carbocycles. The van der Waals surface area contributed by atoms with Gasteiger partial charge in [0.05, 0.1) is 19.8 Å². The number of hydrogen-bond donors (Lipinski definition) is 0. The molecule has 1 aliphatic heterocycles. The molecule has 40 heavy (non-hydrogen) atoms. The predicted octanol–water partition coefficient (Wildman–Crippen LogP) is 6.31. The molecule has 0 saturated carbocycles. The summed E-state index contributed by atoms with van der Waals surface area (Å²) < 4.78 is 34.9. The van der Waals surface area contributed by atoms with Gasteiger partial charge < -0.3 is 9.32 Å². The monoisotopic (exact) mass is 699 g/mol. The minimum Gasteiger partial charge on any atom is -0.459 e. The summed E-state index contributed by atoms with van der Waals surface area (Å²) in [7, 11) is -0.597. The molecular formula is C27H31IN3O7PS. The van der Waals surface area contributed by atoms with E-state index in [1.165, 1.54) is 19.9 Å². The van der Waals surface area contributed by atoms with Crippen LogP contribution in [0.25, 0.3) is 17.0 Å². The summed E-state index contributed by atoms with van der Waals surface area (Å²) in [5, 5.41) is 1.04. The van der Waals surface area contributed by atoms with E-state index >= 15 is 0 Å². The van der Waals surface area contributed by atoms with Gasteiger partial charge in [-0.2, -0.15) is 0 Å². The van der Waals surface area contributed by atoms with E-state index in [4.69, 9.17) is 18.0 Å². The van der Waals surface area contributed by atoms with Crippen LogP contribution in [0, 0.1) is 6.92 Å². The fourth-order valence-corrected chi connectivity index (χ4v) is 6.13. The normalized spacial score (nSPS) is 15.0. The number of fused-ring (bicyclic) bond motifs is 2. The lowest BCUT2D eigenvalue weighted by atomic mass is 10.0. The van der Waals surface area contributed by atoms with E-state index in [0.29, 0.717) is 24.5 Å². The molecule has 0 fully saturated rings. The highest BCUT2D eigenvalue weighted by Gasteiger charge is 2.31. The van der Waals surface area contributed by atoms with Crippen LogP contribution in [0.2, 0.25) is 0 Å². The van der Waals surface area contributed by atoms with Gasteiger partial charge in [0.15, 0.2) is 0 Å². The standard InChI is InChI=1S/C27H31IN3O7PS/c1-4-35-39(34,36-13-14-40-28)37-18-31-26(33)12-10-21-15-20(16-29-27(21)31)9-11-25(32)30(3)17-24-19(2)22-7-5-6-8-23(22)38-24/h5-9,11,15-16H,4,10,12-14,17-18H2,1-3H3/b11-9+. The number of rotatable bonds is 13. The van der Waals surface area contributed by atoms with E-state index in [1.54, 1.807) is 31.1 Å². The highest BCUT2D eigenvalue weighted by molar-refractivity contribution is 14.2. The second-order valence-electron chi connectivity index (χ2n) is 9.02. The number of aryl methyl sites for hydroxylation is 2. The summed E-state index contributed by atoms with van der Waals surface area (Å²) in [5.74, 6) is 1.39. The van der Waals surface area contributed by atoms with Gasteiger partial charge in [0.2, 0.25) is 11.8 Å². The number of likely N-dealkylation sites (N-methyl/N-ethyl adjacent to an activating group) is 1. The molecule has 10 nitrogen and oxygen atoms in total. The number of carbonyl (C=O) groups is 2. The van der Waals surface area contributed by atoms with Crippen molar-refractivity contribution in [2.75, 3.05) is 37.6 Å². The molecule has 0 spiro atoms. The topological polar surface area (TPSA) is 111 Å². The van der Waals surface area contributed by atoms with Crippen LogP contribution in [0.4, 0.5) is 5.82 Å². The third-order valence-corrected chi connectivity index (χ3v) is 9.44. The van der Waals surface area contributed by atoms with E-state index < -0.39 is 7.82 Å². The van der Waals surface area contributed by atoms with E-state index in [-0.39, 0.29) is 38.2 Å². The molecule has 214 valence electrons. The van der Waals surface area contributed by atoms with Gasteiger partial charge in [-0.3, -0.25) is 28.1 Å². The zero-order valence-corrected chi connectivity index (χ0v) is 26.4. The molecule has 0 bridgehead atoms. The molecule has 4 rings (SSSR count). The van der Waals surface area contributed by atoms with Crippen LogP contribution < -0.4 is 4.90 Å². The Morgan fingerprint density at radius 1 is 1.27 bits per heavy atom. The number of para-hydroxylation sites is 1. The number of phosphoric acid groups is 1. The van der Waals surface area contributed by atoms with E-state index in [2.05, 4.69) is 26.2 Å². The number of furan rings is 1. The maximum Gasteiger partial charge on any atom is 0.476 e. The lowest BCUT2D eigenvalue weighted by molar-refractivity contribution is -0.125. The molecule has 1 aliphatic rings. The first kappa shape index (κ1) is 30.7. The highest BCUT2D eigenvalue weighted by Crippen LogP contribution is 2.50. The molecule has 3 aromatic rings. The van der Waals surface area contributed by atoms with Crippen LogP contribution in [0.15, 0.2) is 47.0 Å². The minimum atomic E-state index is -3.83. The lowest BCUT2D eigenvalue weighted by Crippen LogP contribution is -2.37. The van der Waals surface area contributed by atoms with Crippen LogP contribution in [-0.2, 0) is 40.7 Å². The SMILES string of the molecule is CCOP(=O)(OCCSI)OCN1C(=O)CCc2cc(/C=C/C(=O)N(C)Cc3oc4ccccc4c3C)cnc21. The third-order valence-electron chi connectivity index (χ3n) is 6.29. The Kier molecular flexibility index (Phi) is 10.8. The molecule has 2 aromatic heterocycles. The Morgan fingerprint density at radius 2 is 2.08 bits per heavy atom. The summed E-state index contributed by atoms with van der Waals surface area (Å²) in [6.45, 7) is 4.03. The van der Waals surface area contributed by atoms with Gasteiger partial charge in [0, 0.05) is 42.4 Å². The fourth-order valence-electron chi connectivity index (χ4n) is 4.21. The van der Waals surface area contributed by atoms with Gasteiger partial charge in [-0.25, -0.2) is 9.55 Å². The molecule has 0 saturated heterocycles. The lowest BCUT2D eigenvalue weighted by Gasteiger charge is -2.29. The van der Waals surface area contributed by atoms with Crippen molar-refractivity contribution in [2.24, 2.45) is 0 Å². The zero-order valence-electron chi connectivity index (χ0n) is 22.5. The largest absolute Gasteiger partial charge is 0.476 e. The maximum atomic E-state index is 12.9. The first-order valence-corrected chi connectivity index (χ1v) is 17.7. The number of pyridine rings is 1. The smallest absolute Gasteiger partial charge is 0.459 e. The van der Waals surface area contributed by atoms with Crippen LogP contribution in [-0.4, -0.2) is 54.4 Å². The van der Waals surface area contributed by atoms with Crippen molar-refractivity contribution in [1.29, 1.82) is 0 Å². The van der Waals surface area contributed by atoms with Crippen LogP contribution in [0.1, 0.15) is 35.8 Å². The van der Waals surface area contributed by atoms with E-state index in [1.807, 2.05) is 37.3 Å². The van der Waals surface area contributed by atoms with Crippen LogP contribution in [0.5, 0.6) is 0 Å². The number of aromatic nitrogens is 1. The minimum absolute atomic E-state index is 0.138. The summed E-state index contributed by atoms with van der Waals surface area (Å²) in [6, 6.07) is 9.67. The maximum absolute atomic E-state index is 12.9. The van der Waals surface area contributed by atoms with Gasteiger partial charge >= 0.3 is 7.82 Å². The van der Waals surface area contributed by atoms with Gasteiger partial charge in [0.25, 0.3) is 0 Å². The fraction of sp³-hybridized carbons (Fsp3) is 0.370. The molecule has 2 amide bonds. The zero-order chi connectivity index (χ0) is 28.7. The van der Waals surface area contributed by atoms with E-state index in [9.17, 15) is 14.2 Å². The van der Waals surface area contributed by atoms with Gasteiger partial charge in [-0.15, -0.1) is 0 Å². The molecule has 1 unspecified atom stereocenters. The van der Waals surface area contributed by atoms with Gasteiger partial charge in [-0.05, 0) is 70.8 Å². The first-order valence-electron chi connectivity index (χ1n) is 12.7. The second kappa shape index (κ2) is 14.1. The van der Waals surface area contributed by atoms with E-state index in [0.717, 1.165) is 33.4 Å². The van der Waals surface area contributed by atoms with Crippen LogP contribution in [0.3, 0.4) is 0 Å². The number of phosphoric ester groups is 1. The van der Waals surface area contributed by atoms with Crippen molar-refractivity contribution in [3.8, 4) is 0 Å². The number of hydrogen-bond acceptors (Lipinski definition) is 9. The number of halogens is 1. The van der Waals surface area contributed by atoms with Crippen molar-refractivity contribution in [3.05, 3.63) is 65.1 Å². The Morgan fingerprint density at radius 3 is 2.83 bits per heavy atom. The van der Waals surface area contributed by atoms with Crippen molar-refractivity contribution < 1.29 is 32.1 Å². The Hall–Kier alpha value is -2.22. The molecule has 1 atom stereocenters. The molecule has 0 radical (unpaired) electrons. The predicted molar refractivity (Wildman–Crippen MR) is 164 cm³/mol. The Bertz CT molecular complexity index is 1450. The number of nitrogens with zero attached hydrogens (tertiary/aromatic N) is 3. The molecule has 0 N–H and O–H groups in total. The third kappa shape index (κ3) is 7.54. The second-order valence-corrected chi connectivity index (χ2v) is 13.2. The Labute approximate surface area is 249 Å². The number of anilines is 1. The summed E-state index contributed by atoms with van der Waals surface area (Å²) in [5.41, 5.74) is 3.35. The highest BCUT2D eigenvalue weighted by atomic mass is 127. The number of amides is 2. The van der Waals surface area contributed by atoms with Gasteiger partial charge in [-0.1, -0.05) is 27.1 Å². The molecule has 13 heteroatoms. The first-order chi connectivity index (χ1) is 19.2. The average molecular weight is 700 g/mol. The average Bonchev–Trinajstić information content (AvgIpc) is 3.26. The molecule has 1 aromatic carbocycles. The van der Waals surface area contributed by atoms with Crippen molar-refractivity contribution in [2.45, 2.75) is 33.2 Å².